The van der Waals surface area contributed by atoms with Crippen LogP contribution in [0, 0.1) is 19.7 Å². The van der Waals surface area contributed by atoms with E-state index in [0.717, 1.165) is 16.8 Å². The maximum absolute atomic E-state index is 13.4. The number of nitrogens with one attached hydrogen (secondary N) is 1. The highest BCUT2D eigenvalue weighted by Crippen LogP contribution is 2.25. The number of para-hydroxylation sites is 1. The highest BCUT2D eigenvalue weighted by atomic mass is 35.5. The van der Waals surface area contributed by atoms with Crippen molar-refractivity contribution in [2.75, 3.05) is 5.32 Å². The minimum Gasteiger partial charge on any atom is -0.380 e. The maximum Gasteiger partial charge on any atom is 0.126 e. The second-order valence-electron chi connectivity index (χ2n) is 4.37. The smallest absolute Gasteiger partial charge is 0.126 e. The second kappa shape index (κ2) is 5.40. The second-order valence-corrected chi connectivity index (χ2v) is 4.78. The van der Waals surface area contributed by atoms with Gasteiger partial charge in [0.25, 0.3) is 0 Å². The molecule has 0 heterocycles. The molecule has 0 aliphatic heterocycles. The van der Waals surface area contributed by atoms with E-state index in [2.05, 4.69) is 5.32 Å². The van der Waals surface area contributed by atoms with Crippen molar-refractivity contribution in [1.29, 1.82) is 0 Å². The van der Waals surface area contributed by atoms with Gasteiger partial charge in [0.15, 0.2) is 0 Å². The predicted octanol–water partition coefficient (Wildman–Crippen LogP) is 4.71. The molecule has 18 heavy (non-hydrogen) atoms. The number of benzene rings is 2. The molecule has 0 saturated carbocycles. The normalized spacial score (nSPS) is 10.4. The van der Waals surface area contributed by atoms with Gasteiger partial charge in [0.2, 0.25) is 0 Å². The van der Waals surface area contributed by atoms with Crippen LogP contribution in [-0.4, -0.2) is 0 Å². The molecule has 2 aromatic carbocycles. The fraction of sp³-hybridized carbons (Fsp3) is 0.200. The molecule has 0 bridgehead atoms. The van der Waals surface area contributed by atoms with Crippen molar-refractivity contribution in [2.24, 2.45) is 0 Å². The summed E-state index contributed by atoms with van der Waals surface area (Å²) in [5.74, 6) is -0.176. The summed E-state index contributed by atoms with van der Waals surface area (Å²) in [6.45, 7) is 4.30. The van der Waals surface area contributed by atoms with Gasteiger partial charge < -0.3 is 5.32 Å². The average Bonchev–Trinajstić information content (AvgIpc) is 2.33. The summed E-state index contributed by atoms with van der Waals surface area (Å²) in [5.41, 5.74) is 3.54. The third-order valence-electron chi connectivity index (χ3n) is 2.93. The van der Waals surface area contributed by atoms with Crippen LogP contribution in [0.25, 0.3) is 0 Å². The molecule has 1 nitrogen and oxygen atoms in total. The third kappa shape index (κ3) is 2.82. The first-order valence-corrected chi connectivity index (χ1v) is 6.20. The van der Waals surface area contributed by atoms with E-state index in [-0.39, 0.29) is 5.82 Å². The molecule has 3 heteroatoms. The summed E-state index contributed by atoms with van der Waals surface area (Å²) < 4.78 is 13.4. The largest absolute Gasteiger partial charge is 0.380 e. The summed E-state index contributed by atoms with van der Waals surface area (Å²) in [7, 11) is 0. The molecule has 0 atom stereocenters. The molecular formula is C15H15ClFN. The van der Waals surface area contributed by atoms with Crippen molar-refractivity contribution in [3.05, 3.63) is 63.9 Å². The Morgan fingerprint density at radius 1 is 1.11 bits per heavy atom. The number of rotatable bonds is 3. The standard InChI is InChI=1S/C15H15ClFN/c1-10-6-7-12(8-14(10)17)9-18-15-11(2)4-3-5-13(15)16/h3-8,18H,9H2,1-2H3. The van der Waals surface area contributed by atoms with Crippen molar-refractivity contribution in [1.82, 2.24) is 0 Å². The Hall–Kier alpha value is -1.54. The monoisotopic (exact) mass is 263 g/mol. The summed E-state index contributed by atoms with van der Waals surface area (Å²) >= 11 is 6.12. The molecule has 0 aliphatic carbocycles. The number of hydrogen-bond acceptors (Lipinski definition) is 1. The fourth-order valence-electron chi connectivity index (χ4n) is 1.79. The Bertz CT molecular complexity index is 546. The Kier molecular flexibility index (Phi) is 3.87. The van der Waals surface area contributed by atoms with Crippen LogP contribution in [0.15, 0.2) is 36.4 Å². The van der Waals surface area contributed by atoms with Gasteiger partial charge in [-0.05, 0) is 42.7 Å². The van der Waals surface area contributed by atoms with E-state index in [1.165, 1.54) is 0 Å². The van der Waals surface area contributed by atoms with E-state index in [1.54, 1.807) is 19.1 Å². The third-order valence-corrected chi connectivity index (χ3v) is 3.24. The van der Waals surface area contributed by atoms with E-state index < -0.39 is 0 Å². The lowest BCUT2D eigenvalue weighted by molar-refractivity contribution is 0.616. The Morgan fingerprint density at radius 3 is 2.56 bits per heavy atom. The Balaban J connectivity index is 2.14. The van der Waals surface area contributed by atoms with Gasteiger partial charge in [-0.25, -0.2) is 4.39 Å². The first kappa shape index (κ1) is 12.9. The van der Waals surface area contributed by atoms with Gasteiger partial charge in [-0.1, -0.05) is 35.9 Å². The van der Waals surface area contributed by atoms with Crippen LogP contribution in [0.5, 0.6) is 0 Å². The van der Waals surface area contributed by atoms with Crippen LogP contribution in [0.4, 0.5) is 10.1 Å². The highest BCUT2D eigenvalue weighted by molar-refractivity contribution is 6.33. The van der Waals surface area contributed by atoms with Gasteiger partial charge in [-0.2, -0.15) is 0 Å². The zero-order valence-electron chi connectivity index (χ0n) is 10.4. The van der Waals surface area contributed by atoms with Gasteiger partial charge in [0.05, 0.1) is 10.7 Å². The zero-order chi connectivity index (χ0) is 13.1. The highest BCUT2D eigenvalue weighted by Gasteiger charge is 2.04. The van der Waals surface area contributed by atoms with Crippen LogP contribution in [0.1, 0.15) is 16.7 Å². The topological polar surface area (TPSA) is 12.0 Å². The number of halogens is 2. The SMILES string of the molecule is Cc1ccc(CNc2c(C)cccc2Cl)cc1F. The van der Waals surface area contributed by atoms with Crippen molar-refractivity contribution in [3.63, 3.8) is 0 Å². The lowest BCUT2D eigenvalue weighted by atomic mass is 10.1. The fourth-order valence-corrected chi connectivity index (χ4v) is 2.08. The van der Waals surface area contributed by atoms with Crippen molar-refractivity contribution in [3.8, 4) is 0 Å². The van der Waals surface area contributed by atoms with Gasteiger partial charge in [-0.3, -0.25) is 0 Å². The van der Waals surface area contributed by atoms with Crippen molar-refractivity contribution < 1.29 is 4.39 Å². The number of hydrogen-bond donors (Lipinski definition) is 1. The molecule has 2 rings (SSSR count). The van der Waals surface area contributed by atoms with Crippen molar-refractivity contribution in [2.45, 2.75) is 20.4 Å². The van der Waals surface area contributed by atoms with E-state index in [1.807, 2.05) is 31.2 Å². The molecule has 0 unspecified atom stereocenters. The minimum absolute atomic E-state index is 0.176. The molecule has 2 aromatic rings. The van der Waals surface area contributed by atoms with Crippen LogP contribution in [0.3, 0.4) is 0 Å². The first-order valence-electron chi connectivity index (χ1n) is 5.82. The molecule has 0 fully saturated rings. The summed E-state index contributed by atoms with van der Waals surface area (Å²) in [4.78, 5) is 0. The Labute approximate surface area is 112 Å². The molecule has 1 N–H and O–H groups in total. The first-order chi connectivity index (χ1) is 8.58. The van der Waals surface area contributed by atoms with Crippen LogP contribution in [-0.2, 0) is 6.54 Å². The van der Waals surface area contributed by atoms with Gasteiger partial charge in [0, 0.05) is 6.54 Å². The average molecular weight is 264 g/mol. The van der Waals surface area contributed by atoms with E-state index in [0.29, 0.717) is 17.1 Å². The van der Waals surface area contributed by atoms with Gasteiger partial charge in [0.1, 0.15) is 5.82 Å². The summed E-state index contributed by atoms with van der Waals surface area (Å²) in [5, 5.41) is 3.93. The molecule has 0 spiro atoms. The maximum atomic E-state index is 13.4. The van der Waals surface area contributed by atoms with E-state index in [9.17, 15) is 4.39 Å². The van der Waals surface area contributed by atoms with Gasteiger partial charge >= 0.3 is 0 Å². The Morgan fingerprint density at radius 2 is 1.89 bits per heavy atom. The lowest BCUT2D eigenvalue weighted by Gasteiger charge is -2.11. The molecule has 0 aliphatic rings. The quantitative estimate of drug-likeness (QED) is 0.846. The van der Waals surface area contributed by atoms with Crippen LogP contribution in [0.2, 0.25) is 5.02 Å². The summed E-state index contributed by atoms with van der Waals surface area (Å²) in [6, 6.07) is 11.0. The van der Waals surface area contributed by atoms with Crippen LogP contribution < -0.4 is 5.32 Å². The van der Waals surface area contributed by atoms with Crippen molar-refractivity contribution >= 4 is 17.3 Å². The molecule has 94 valence electrons. The van der Waals surface area contributed by atoms with E-state index in [4.69, 9.17) is 11.6 Å². The van der Waals surface area contributed by atoms with E-state index >= 15 is 0 Å². The lowest BCUT2D eigenvalue weighted by Crippen LogP contribution is -2.02. The molecule has 0 aromatic heterocycles. The summed E-state index contributed by atoms with van der Waals surface area (Å²) in [6.07, 6.45) is 0. The minimum atomic E-state index is -0.176. The van der Waals surface area contributed by atoms with Gasteiger partial charge in [-0.15, -0.1) is 0 Å². The zero-order valence-corrected chi connectivity index (χ0v) is 11.2. The molecule has 0 saturated heterocycles. The number of aryl methyl sites for hydroxylation is 2. The predicted molar refractivity (Wildman–Crippen MR) is 74.7 cm³/mol. The molecule has 0 radical (unpaired) electrons. The molecular weight excluding hydrogens is 249 g/mol. The molecule has 0 amide bonds. The number of anilines is 1. The van der Waals surface area contributed by atoms with Crippen LogP contribution >= 0.6 is 11.6 Å².